The minimum atomic E-state index is -0.428. The maximum absolute atomic E-state index is 13.4. The van der Waals surface area contributed by atoms with E-state index in [1.54, 1.807) is 0 Å². The molecule has 1 aromatic rings. The number of nitrogens with one attached hydrogen (secondary N) is 1. The molecule has 1 aromatic carbocycles. The molecule has 1 aliphatic carbocycles. The summed E-state index contributed by atoms with van der Waals surface area (Å²) in [7, 11) is 0. The van der Waals surface area contributed by atoms with Gasteiger partial charge in [-0.1, -0.05) is 30.9 Å². The molecule has 1 saturated carbocycles. The van der Waals surface area contributed by atoms with Gasteiger partial charge in [-0.05, 0) is 25.8 Å². The predicted octanol–water partition coefficient (Wildman–Crippen LogP) is 4.20. The summed E-state index contributed by atoms with van der Waals surface area (Å²) in [5, 5.41) is 3.44. The van der Waals surface area contributed by atoms with Crippen LogP contribution < -0.4 is 11.1 Å². The van der Waals surface area contributed by atoms with E-state index < -0.39 is 5.82 Å². The Bertz CT molecular complexity index is 414. The summed E-state index contributed by atoms with van der Waals surface area (Å²) < 4.78 is 13.4. The average molecular weight is 257 g/mol. The Morgan fingerprint density at radius 2 is 1.94 bits per heavy atom. The number of anilines is 2. The summed E-state index contributed by atoms with van der Waals surface area (Å²) in [6, 6.07) is 2.85. The monoisotopic (exact) mass is 256 g/mol. The van der Waals surface area contributed by atoms with E-state index in [9.17, 15) is 4.39 Å². The van der Waals surface area contributed by atoms with Crippen LogP contribution >= 0.6 is 11.6 Å². The smallest absolute Gasteiger partial charge is 0.143 e. The van der Waals surface area contributed by atoms with Crippen LogP contribution in [-0.2, 0) is 0 Å². The molecular formula is C13H18ClFN2. The standard InChI is InChI=1S/C13H18ClFN2/c1-13(5-3-2-4-6-13)17-12-8-10(15)9(14)7-11(12)16/h7-8,17H,2-6,16H2,1H3. The van der Waals surface area contributed by atoms with Gasteiger partial charge in [-0.3, -0.25) is 0 Å². The Balaban J connectivity index is 2.20. The number of benzene rings is 1. The lowest BCUT2D eigenvalue weighted by atomic mass is 9.83. The molecule has 0 aromatic heterocycles. The number of rotatable bonds is 2. The highest BCUT2D eigenvalue weighted by Crippen LogP contribution is 2.34. The molecule has 0 saturated heterocycles. The van der Waals surface area contributed by atoms with Crippen LogP contribution in [0.15, 0.2) is 12.1 Å². The minimum Gasteiger partial charge on any atom is -0.397 e. The third-order valence-electron chi connectivity index (χ3n) is 3.49. The van der Waals surface area contributed by atoms with Crippen LogP contribution in [0.25, 0.3) is 0 Å². The molecule has 0 atom stereocenters. The molecular weight excluding hydrogens is 239 g/mol. The average Bonchev–Trinajstić information content (AvgIpc) is 2.26. The molecule has 3 N–H and O–H groups in total. The molecule has 17 heavy (non-hydrogen) atoms. The first-order valence-electron chi connectivity index (χ1n) is 6.03. The molecule has 0 spiro atoms. The van der Waals surface area contributed by atoms with Crippen LogP contribution in [0.1, 0.15) is 39.0 Å². The highest BCUT2D eigenvalue weighted by atomic mass is 35.5. The zero-order valence-electron chi connectivity index (χ0n) is 10.0. The molecule has 2 rings (SSSR count). The third kappa shape index (κ3) is 2.83. The van der Waals surface area contributed by atoms with Crippen molar-refractivity contribution in [1.29, 1.82) is 0 Å². The van der Waals surface area contributed by atoms with Crippen molar-refractivity contribution in [3.05, 3.63) is 23.0 Å². The van der Waals surface area contributed by atoms with Gasteiger partial charge in [0.1, 0.15) is 5.82 Å². The fourth-order valence-corrected chi connectivity index (χ4v) is 2.62. The maximum atomic E-state index is 13.4. The third-order valence-corrected chi connectivity index (χ3v) is 3.78. The SMILES string of the molecule is CC1(Nc2cc(F)c(Cl)cc2N)CCCCC1. The number of hydrogen-bond donors (Lipinski definition) is 2. The van der Waals surface area contributed by atoms with E-state index in [0.717, 1.165) is 12.8 Å². The van der Waals surface area contributed by atoms with E-state index in [4.69, 9.17) is 17.3 Å². The Morgan fingerprint density at radius 1 is 1.29 bits per heavy atom. The summed E-state index contributed by atoms with van der Waals surface area (Å²) in [6.45, 7) is 2.16. The topological polar surface area (TPSA) is 38.0 Å². The first-order valence-corrected chi connectivity index (χ1v) is 6.41. The fraction of sp³-hybridized carbons (Fsp3) is 0.538. The van der Waals surface area contributed by atoms with Gasteiger partial charge in [-0.15, -0.1) is 0 Å². The number of hydrogen-bond acceptors (Lipinski definition) is 2. The van der Waals surface area contributed by atoms with Gasteiger partial charge in [0.25, 0.3) is 0 Å². The molecule has 4 heteroatoms. The van der Waals surface area contributed by atoms with Crippen LogP contribution in [-0.4, -0.2) is 5.54 Å². The van der Waals surface area contributed by atoms with E-state index in [1.807, 2.05) is 0 Å². The zero-order valence-corrected chi connectivity index (χ0v) is 10.8. The van der Waals surface area contributed by atoms with Crippen LogP contribution in [0.2, 0.25) is 5.02 Å². The van der Waals surface area contributed by atoms with Crippen molar-refractivity contribution in [3.8, 4) is 0 Å². The van der Waals surface area contributed by atoms with Gasteiger partial charge < -0.3 is 11.1 Å². The maximum Gasteiger partial charge on any atom is 0.143 e. The second kappa shape index (κ2) is 4.73. The second-order valence-corrected chi connectivity index (χ2v) is 5.51. The van der Waals surface area contributed by atoms with Gasteiger partial charge in [0.2, 0.25) is 0 Å². The molecule has 1 fully saturated rings. The van der Waals surface area contributed by atoms with Crippen molar-refractivity contribution >= 4 is 23.0 Å². The Kier molecular flexibility index (Phi) is 3.48. The highest BCUT2D eigenvalue weighted by molar-refractivity contribution is 6.31. The largest absolute Gasteiger partial charge is 0.397 e. The fourth-order valence-electron chi connectivity index (χ4n) is 2.45. The van der Waals surface area contributed by atoms with Gasteiger partial charge in [-0.25, -0.2) is 4.39 Å². The first-order chi connectivity index (χ1) is 8.00. The summed E-state index contributed by atoms with van der Waals surface area (Å²) >= 11 is 5.68. The summed E-state index contributed by atoms with van der Waals surface area (Å²) in [5.41, 5.74) is 7.03. The predicted molar refractivity (Wildman–Crippen MR) is 70.9 cm³/mol. The van der Waals surface area contributed by atoms with E-state index in [2.05, 4.69) is 12.2 Å². The van der Waals surface area contributed by atoms with E-state index >= 15 is 0 Å². The molecule has 0 bridgehead atoms. The van der Waals surface area contributed by atoms with Crippen LogP contribution in [0.4, 0.5) is 15.8 Å². The Hall–Kier alpha value is -0.960. The lowest BCUT2D eigenvalue weighted by molar-refractivity contribution is 0.349. The zero-order chi connectivity index (χ0) is 12.5. The lowest BCUT2D eigenvalue weighted by Crippen LogP contribution is -2.37. The Morgan fingerprint density at radius 3 is 2.59 bits per heavy atom. The van der Waals surface area contributed by atoms with Crippen molar-refractivity contribution in [1.82, 2.24) is 0 Å². The molecule has 0 heterocycles. The number of halogens is 2. The van der Waals surface area contributed by atoms with Crippen LogP contribution in [0, 0.1) is 5.82 Å². The van der Waals surface area contributed by atoms with Crippen molar-refractivity contribution in [2.24, 2.45) is 0 Å². The van der Waals surface area contributed by atoms with Crippen molar-refractivity contribution < 1.29 is 4.39 Å². The summed E-state index contributed by atoms with van der Waals surface area (Å²) in [4.78, 5) is 0. The van der Waals surface area contributed by atoms with Gasteiger partial charge in [-0.2, -0.15) is 0 Å². The van der Waals surface area contributed by atoms with Crippen molar-refractivity contribution in [3.63, 3.8) is 0 Å². The lowest BCUT2D eigenvalue weighted by Gasteiger charge is -2.36. The van der Waals surface area contributed by atoms with E-state index in [0.29, 0.717) is 11.4 Å². The van der Waals surface area contributed by atoms with Gasteiger partial charge in [0.05, 0.1) is 16.4 Å². The Labute approximate surface area is 106 Å². The molecule has 0 aliphatic heterocycles. The van der Waals surface area contributed by atoms with Gasteiger partial charge >= 0.3 is 0 Å². The number of nitrogen functional groups attached to an aromatic ring is 1. The molecule has 94 valence electrons. The second-order valence-electron chi connectivity index (χ2n) is 5.10. The summed E-state index contributed by atoms with van der Waals surface area (Å²) in [6.07, 6.45) is 5.88. The molecule has 1 aliphatic rings. The first kappa shape index (κ1) is 12.5. The molecule has 0 radical (unpaired) electrons. The molecule has 2 nitrogen and oxygen atoms in total. The van der Waals surface area contributed by atoms with Gasteiger partial charge in [0.15, 0.2) is 0 Å². The number of nitrogens with two attached hydrogens (primary N) is 1. The van der Waals surface area contributed by atoms with Crippen LogP contribution in [0.5, 0.6) is 0 Å². The van der Waals surface area contributed by atoms with E-state index in [1.165, 1.54) is 31.4 Å². The summed E-state index contributed by atoms with van der Waals surface area (Å²) in [5.74, 6) is -0.428. The normalized spacial score (nSPS) is 19.0. The minimum absolute atomic E-state index is 0.0205. The molecule has 0 unspecified atom stereocenters. The quantitative estimate of drug-likeness (QED) is 0.779. The molecule has 0 amide bonds. The van der Waals surface area contributed by atoms with E-state index in [-0.39, 0.29) is 10.6 Å². The highest BCUT2D eigenvalue weighted by Gasteiger charge is 2.27. The van der Waals surface area contributed by atoms with Gasteiger partial charge in [0, 0.05) is 11.6 Å². The van der Waals surface area contributed by atoms with Crippen LogP contribution in [0.3, 0.4) is 0 Å². The van der Waals surface area contributed by atoms with Crippen molar-refractivity contribution in [2.75, 3.05) is 11.1 Å². The van der Waals surface area contributed by atoms with Crippen molar-refractivity contribution in [2.45, 2.75) is 44.6 Å².